The quantitative estimate of drug-likeness (QED) is 0.340. The SMILES string of the molecule is Cn1cc2c(C(=O)CC3CCC(CCN4CCc5nc(OCC(F)(F)F)sc5CC4)CC3)cccc2n1. The van der Waals surface area contributed by atoms with Crippen molar-refractivity contribution in [2.24, 2.45) is 18.9 Å². The molecule has 1 aliphatic carbocycles. The summed E-state index contributed by atoms with van der Waals surface area (Å²) in [6, 6.07) is 5.78. The first-order valence-corrected chi connectivity index (χ1v) is 13.9. The van der Waals surface area contributed by atoms with Crippen LogP contribution in [0.4, 0.5) is 13.2 Å². The number of Topliss-reactive ketones (excluding diaryl/α,β-unsaturated/α-hetero) is 1. The van der Waals surface area contributed by atoms with E-state index in [2.05, 4.69) is 15.0 Å². The molecular formula is C27H33F3N4O2S. The monoisotopic (exact) mass is 534 g/mol. The van der Waals surface area contributed by atoms with Crippen molar-refractivity contribution in [3.05, 3.63) is 40.5 Å². The van der Waals surface area contributed by atoms with E-state index in [0.29, 0.717) is 18.3 Å². The summed E-state index contributed by atoms with van der Waals surface area (Å²) in [6.07, 6.45) is 5.42. The van der Waals surface area contributed by atoms with Crippen LogP contribution in [0.25, 0.3) is 10.9 Å². The van der Waals surface area contributed by atoms with Gasteiger partial charge in [0.15, 0.2) is 12.4 Å². The zero-order valence-corrected chi connectivity index (χ0v) is 21.9. The number of fused-ring (bicyclic) bond motifs is 2. The van der Waals surface area contributed by atoms with Crippen LogP contribution in [0.15, 0.2) is 24.4 Å². The molecule has 37 heavy (non-hydrogen) atoms. The standard InChI is InChI=1S/C27H33F3N4O2S/c1-33-16-21-20(3-2-4-22(21)32-33)24(35)15-19-7-5-18(6-8-19)9-12-34-13-10-23-25(11-14-34)37-26(31-23)36-17-27(28,29)30/h2-4,16,18-19H,5-15,17H2,1H3. The molecule has 0 radical (unpaired) electrons. The minimum atomic E-state index is -4.34. The van der Waals surface area contributed by atoms with Crippen molar-refractivity contribution in [1.82, 2.24) is 19.7 Å². The van der Waals surface area contributed by atoms with E-state index >= 15 is 0 Å². The number of ether oxygens (including phenoxy) is 1. The Labute approximate surface area is 218 Å². The third-order valence-electron chi connectivity index (χ3n) is 7.70. The lowest BCUT2D eigenvalue weighted by atomic mass is 9.78. The second-order valence-electron chi connectivity index (χ2n) is 10.4. The lowest BCUT2D eigenvalue weighted by molar-refractivity contribution is -0.153. The molecule has 0 N–H and O–H groups in total. The van der Waals surface area contributed by atoms with Crippen LogP contribution in [-0.2, 0) is 19.9 Å². The lowest BCUT2D eigenvalue weighted by Crippen LogP contribution is -2.30. The molecule has 2 aliphatic rings. The van der Waals surface area contributed by atoms with Crippen LogP contribution in [0.2, 0.25) is 0 Å². The van der Waals surface area contributed by atoms with E-state index in [9.17, 15) is 18.0 Å². The average Bonchev–Trinajstić information content (AvgIpc) is 3.39. The largest absolute Gasteiger partial charge is 0.460 e. The first kappa shape index (κ1) is 26.2. The van der Waals surface area contributed by atoms with Crippen molar-refractivity contribution in [2.75, 3.05) is 26.2 Å². The highest BCUT2D eigenvalue weighted by molar-refractivity contribution is 7.13. The summed E-state index contributed by atoms with van der Waals surface area (Å²) >= 11 is 1.25. The molecule has 200 valence electrons. The van der Waals surface area contributed by atoms with Crippen molar-refractivity contribution in [1.29, 1.82) is 0 Å². The molecule has 5 rings (SSSR count). The number of thiazole rings is 1. The van der Waals surface area contributed by atoms with Crippen LogP contribution in [0.5, 0.6) is 5.19 Å². The maximum absolute atomic E-state index is 13.0. The van der Waals surface area contributed by atoms with Gasteiger partial charge in [-0.15, -0.1) is 0 Å². The summed E-state index contributed by atoms with van der Waals surface area (Å²) in [5.74, 6) is 1.36. The molecule has 0 atom stereocenters. The smallest absolute Gasteiger partial charge is 0.422 e. The van der Waals surface area contributed by atoms with Gasteiger partial charge in [-0.1, -0.05) is 36.3 Å². The van der Waals surface area contributed by atoms with Gasteiger partial charge in [-0.2, -0.15) is 18.3 Å². The summed E-state index contributed by atoms with van der Waals surface area (Å²) in [5.41, 5.74) is 2.54. The zero-order valence-electron chi connectivity index (χ0n) is 21.1. The Balaban J connectivity index is 1.04. The Morgan fingerprint density at radius 2 is 1.89 bits per heavy atom. The number of nitrogens with zero attached hydrogens (tertiary/aromatic N) is 4. The van der Waals surface area contributed by atoms with E-state index in [4.69, 9.17) is 4.74 Å². The molecule has 2 aromatic heterocycles. The predicted molar refractivity (Wildman–Crippen MR) is 137 cm³/mol. The van der Waals surface area contributed by atoms with E-state index < -0.39 is 12.8 Å². The molecule has 3 aromatic rings. The van der Waals surface area contributed by atoms with Crippen LogP contribution in [0.1, 0.15) is 59.5 Å². The Bertz CT molecular complexity index is 1200. The summed E-state index contributed by atoms with van der Waals surface area (Å²) in [5, 5.41) is 5.49. The van der Waals surface area contributed by atoms with Gasteiger partial charge in [-0.25, -0.2) is 4.98 Å². The zero-order chi connectivity index (χ0) is 26.0. The molecule has 0 spiro atoms. The molecule has 6 nitrogen and oxygen atoms in total. The summed E-state index contributed by atoms with van der Waals surface area (Å²) in [4.78, 5) is 20.9. The van der Waals surface area contributed by atoms with Crippen LogP contribution in [0, 0.1) is 11.8 Å². The van der Waals surface area contributed by atoms with Gasteiger partial charge in [0.05, 0.1) is 11.2 Å². The third kappa shape index (κ3) is 6.71. The Morgan fingerprint density at radius 1 is 1.14 bits per heavy atom. The molecule has 1 fully saturated rings. The molecule has 1 saturated carbocycles. The molecule has 1 aliphatic heterocycles. The second kappa shape index (κ2) is 11.1. The van der Waals surface area contributed by atoms with Crippen molar-refractivity contribution in [3.63, 3.8) is 0 Å². The molecule has 0 saturated heterocycles. The number of rotatable bonds is 8. The number of hydrogen-bond acceptors (Lipinski definition) is 6. The summed E-state index contributed by atoms with van der Waals surface area (Å²) in [6.45, 7) is 1.52. The number of ketones is 1. The molecule has 0 bridgehead atoms. The molecule has 0 unspecified atom stereocenters. The van der Waals surface area contributed by atoms with Crippen LogP contribution >= 0.6 is 11.3 Å². The number of hydrogen-bond donors (Lipinski definition) is 0. The molecule has 0 amide bonds. The number of alkyl halides is 3. The van der Waals surface area contributed by atoms with Gasteiger partial charge in [-0.05, 0) is 50.1 Å². The van der Waals surface area contributed by atoms with Gasteiger partial charge >= 0.3 is 6.18 Å². The Hall–Kier alpha value is -2.46. The van der Waals surface area contributed by atoms with Gasteiger partial charge in [0.25, 0.3) is 5.19 Å². The average molecular weight is 535 g/mol. The first-order chi connectivity index (χ1) is 17.7. The van der Waals surface area contributed by atoms with Gasteiger partial charge in [0.2, 0.25) is 0 Å². The fourth-order valence-corrected chi connectivity index (χ4v) is 6.62. The van der Waals surface area contributed by atoms with Crippen molar-refractivity contribution >= 4 is 28.0 Å². The van der Waals surface area contributed by atoms with Crippen molar-refractivity contribution in [3.8, 4) is 5.19 Å². The maximum atomic E-state index is 13.0. The minimum absolute atomic E-state index is 0.128. The topological polar surface area (TPSA) is 60.2 Å². The number of carbonyl (C=O) groups excluding carboxylic acids is 1. The van der Waals surface area contributed by atoms with Crippen LogP contribution in [-0.4, -0.2) is 57.9 Å². The van der Waals surface area contributed by atoms with Crippen molar-refractivity contribution < 1.29 is 22.7 Å². The maximum Gasteiger partial charge on any atom is 0.422 e. The highest BCUT2D eigenvalue weighted by Crippen LogP contribution is 2.35. The molecular weight excluding hydrogens is 501 g/mol. The number of benzene rings is 1. The minimum Gasteiger partial charge on any atom is -0.460 e. The van der Waals surface area contributed by atoms with Gasteiger partial charge < -0.3 is 9.64 Å². The summed E-state index contributed by atoms with van der Waals surface area (Å²) in [7, 11) is 1.88. The van der Waals surface area contributed by atoms with E-state index in [1.807, 2.05) is 31.4 Å². The number of carbonyl (C=O) groups is 1. The van der Waals surface area contributed by atoms with E-state index in [1.54, 1.807) is 4.68 Å². The summed E-state index contributed by atoms with van der Waals surface area (Å²) < 4.78 is 43.8. The van der Waals surface area contributed by atoms with Gasteiger partial charge in [0.1, 0.15) is 0 Å². The highest BCUT2D eigenvalue weighted by Gasteiger charge is 2.30. The molecule has 3 heterocycles. The molecule has 10 heteroatoms. The fourth-order valence-electron chi connectivity index (χ4n) is 5.68. The van der Waals surface area contributed by atoms with Crippen LogP contribution in [0.3, 0.4) is 0 Å². The van der Waals surface area contributed by atoms with E-state index in [-0.39, 0.29) is 11.0 Å². The van der Waals surface area contributed by atoms with Crippen LogP contribution < -0.4 is 4.74 Å². The Morgan fingerprint density at radius 3 is 2.68 bits per heavy atom. The number of halogens is 3. The van der Waals surface area contributed by atoms with Crippen molar-refractivity contribution in [2.45, 2.75) is 57.5 Å². The van der Waals surface area contributed by atoms with E-state index in [0.717, 1.165) is 91.6 Å². The first-order valence-electron chi connectivity index (χ1n) is 13.1. The normalized spacial score (nSPS) is 21.1. The second-order valence-corrected chi connectivity index (χ2v) is 11.5. The van der Waals surface area contributed by atoms with Gasteiger partial charge in [0, 0.05) is 55.0 Å². The third-order valence-corrected chi connectivity index (χ3v) is 8.77. The lowest BCUT2D eigenvalue weighted by Gasteiger charge is -2.30. The number of aryl methyl sites for hydroxylation is 1. The van der Waals surface area contributed by atoms with Gasteiger partial charge in [-0.3, -0.25) is 9.48 Å². The predicted octanol–water partition coefficient (Wildman–Crippen LogP) is 5.84. The van der Waals surface area contributed by atoms with E-state index in [1.165, 1.54) is 11.3 Å². The fraction of sp³-hybridized carbons (Fsp3) is 0.593. The Kier molecular flexibility index (Phi) is 7.85. The number of aromatic nitrogens is 3. The molecule has 1 aromatic carbocycles. The highest BCUT2D eigenvalue weighted by atomic mass is 32.1.